The number of nitrogens with zero attached hydrogens (tertiary/aromatic N) is 3. The van der Waals surface area contributed by atoms with Gasteiger partial charge in [-0.2, -0.15) is 0 Å². The molecule has 0 atom stereocenters. The maximum atomic E-state index is 6.11. The molecule has 3 rings (SSSR count). The second kappa shape index (κ2) is 5.77. The van der Waals surface area contributed by atoms with Crippen LogP contribution in [0.15, 0.2) is 18.5 Å². The molecule has 1 N–H and O–H groups in total. The Kier molecular flexibility index (Phi) is 4.03. The minimum atomic E-state index is 0.505. The molecule has 1 aliphatic heterocycles. The van der Waals surface area contributed by atoms with Crippen LogP contribution in [0.5, 0.6) is 0 Å². The molecule has 0 unspecified atom stereocenters. The van der Waals surface area contributed by atoms with Gasteiger partial charge in [0.1, 0.15) is 5.15 Å². The van der Waals surface area contributed by atoms with Gasteiger partial charge in [-0.25, -0.2) is 9.97 Å². The van der Waals surface area contributed by atoms with Gasteiger partial charge in [0.25, 0.3) is 0 Å². The lowest BCUT2D eigenvalue weighted by atomic mass is 10.1. The van der Waals surface area contributed by atoms with Crippen LogP contribution in [0.25, 0.3) is 0 Å². The Balaban J connectivity index is 1.79. The summed E-state index contributed by atoms with van der Waals surface area (Å²) in [4.78, 5) is 13.7. The number of fused-ring (bicyclic) bond motifs is 1. The zero-order valence-electron chi connectivity index (χ0n) is 10.6. The predicted octanol–water partition coefficient (Wildman–Crippen LogP) is 3.40. The van der Waals surface area contributed by atoms with Crippen molar-refractivity contribution in [2.45, 2.75) is 19.5 Å². The normalized spacial score (nSPS) is 15.1. The third kappa shape index (κ3) is 3.01. The van der Waals surface area contributed by atoms with Crippen molar-refractivity contribution in [3.8, 4) is 0 Å². The van der Waals surface area contributed by atoms with Gasteiger partial charge in [0.05, 0.1) is 5.02 Å². The number of hydrogen-bond donors (Lipinski definition) is 1. The van der Waals surface area contributed by atoms with Crippen LogP contribution in [0.1, 0.15) is 16.8 Å². The Morgan fingerprint density at radius 3 is 3.00 bits per heavy atom. The highest BCUT2D eigenvalue weighted by Gasteiger charge is 2.18. The van der Waals surface area contributed by atoms with Gasteiger partial charge in [0.2, 0.25) is 0 Å². The number of nitrogens with one attached hydrogen (secondary N) is 1. The molecule has 0 spiro atoms. The summed E-state index contributed by atoms with van der Waals surface area (Å²) in [5.74, 6) is 0. The molecule has 0 fully saturated rings. The monoisotopic (exact) mass is 326 g/mol. The maximum Gasteiger partial charge on any atom is 0.196 e. The molecule has 0 saturated heterocycles. The summed E-state index contributed by atoms with van der Waals surface area (Å²) in [6.07, 6.45) is 4.33. The van der Waals surface area contributed by atoms with E-state index < -0.39 is 0 Å². The number of halogens is 2. The lowest BCUT2D eigenvalue weighted by Gasteiger charge is -2.28. The summed E-state index contributed by atoms with van der Waals surface area (Å²) in [5, 5.41) is 1.11. The van der Waals surface area contributed by atoms with E-state index in [1.165, 1.54) is 11.3 Å². The third-order valence-corrected chi connectivity index (χ3v) is 4.08. The lowest BCUT2D eigenvalue weighted by molar-refractivity contribution is 0.242. The van der Waals surface area contributed by atoms with Crippen molar-refractivity contribution < 1.29 is 0 Å². The van der Waals surface area contributed by atoms with Crippen molar-refractivity contribution in [3.63, 3.8) is 0 Å². The molecule has 0 aromatic carbocycles. The van der Waals surface area contributed by atoms with Gasteiger partial charge in [-0.05, 0) is 18.3 Å². The van der Waals surface area contributed by atoms with Crippen LogP contribution in [0, 0.1) is 4.77 Å². The Morgan fingerprint density at radius 1 is 1.30 bits per heavy atom. The highest BCUT2D eigenvalue weighted by Crippen LogP contribution is 2.22. The second-order valence-electron chi connectivity index (χ2n) is 4.76. The third-order valence-electron chi connectivity index (χ3n) is 3.33. The van der Waals surface area contributed by atoms with Crippen LogP contribution >= 0.6 is 35.4 Å². The number of H-pyrrole nitrogens is 1. The largest absolute Gasteiger partial charge is 0.334 e. The van der Waals surface area contributed by atoms with Gasteiger partial charge >= 0.3 is 0 Å². The number of aromatic amines is 1. The van der Waals surface area contributed by atoms with Gasteiger partial charge in [-0.1, -0.05) is 23.2 Å². The van der Waals surface area contributed by atoms with E-state index in [-0.39, 0.29) is 0 Å². The zero-order valence-corrected chi connectivity index (χ0v) is 12.9. The summed E-state index contributed by atoms with van der Waals surface area (Å²) < 4.78 is 0.541. The first-order valence-corrected chi connectivity index (χ1v) is 7.37. The highest BCUT2D eigenvalue weighted by atomic mass is 35.5. The summed E-state index contributed by atoms with van der Waals surface area (Å²) in [7, 11) is 0. The van der Waals surface area contributed by atoms with Gasteiger partial charge in [-0.15, -0.1) is 0 Å². The van der Waals surface area contributed by atoms with Crippen LogP contribution in [-0.4, -0.2) is 26.4 Å². The van der Waals surface area contributed by atoms with E-state index in [9.17, 15) is 0 Å². The fourth-order valence-corrected chi connectivity index (χ4v) is 2.88. The smallest absolute Gasteiger partial charge is 0.196 e. The van der Waals surface area contributed by atoms with E-state index in [1.807, 2.05) is 12.3 Å². The van der Waals surface area contributed by atoms with E-state index in [4.69, 9.17) is 35.4 Å². The highest BCUT2D eigenvalue weighted by molar-refractivity contribution is 7.71. The first-order valence-electron chi connectivity index (χ1n) is 6.21. The molecule has 0 bridgehead atoms. The average Bonchev–Trinajstić information content (AvgIpc) is 2.43. The maximum absolute atomic E-state index is 6.11. The summed E-state index contributed by atoms with van der Waals surface area (Å²) in [5.41, 5.74) is 3.30. The van der Waals surface area contributed by atoms with Gasteiger partial charge < -0.3 is 4.98 Å². The minimum absolute atomic E-state index is 0.505. The molecule has 1 aliphatic rings. The summed E-state index contributed by atoms with van der Waals surface area (Å²) in [6, 6.07) is 1.86. The number of aromatic nitrogens is 3. The summed E-state index contributed by atoms with van der Waals surface area (Å²) >= 11 is 17.1. The number of hydrogen-bond acceptors (Lipinski definition) is 4. The fourth-order valence-electron chi connectivity index (χ4n) is 2.36. The van der Waals surface area contributed by atoms with Crippen LogP contribution in [0.2, 0.25) is 10.2 Å². The minimum Gasteiger partial charge on any atom is -0.334 e. The van der Waals surface area contributed by atoms with Crippen molar-refractivity contribution in [3.05, 3.63) is 50.2 Å². The molecule has 104 valence electrons. The zero-order chi connectivity index (χ0) is 14.1. The van der Waals surface area contributed by atoms with E-state index in [1.54, 1.807) is 6.20 Å². The Bertz CT molecular complexity index is 701. The molecule has 3 heterocycles. The van der Waals surface area contributed by atoms with E-state index >= 15 is 0 Å². The van der Waals surface area contributed by atoms with Gasteiger partial charge in [0, 0.05) is 55.3 Å². The average molecular weight is 327 g/mol. The van der Waals surface area contributed by atoms with Crippen LogP contribution in [0.4, 0.5) is 0 Å². The molecule has 0 saturated carbocycles. The van der Waals surface area contributed by atoms with E-state index in [2.05, 4.69) is 19.9 Å². The van der Waals surface area contributed by atoms with Crippen LogP contribution in [0.3, 0.4) is 0 Å². The quantitative estimate of drug-likeness (QED) is 0.678. The fraction of sp³-hybridized carbons (Fsp3) is 0.308. The topological polar surface area (TPSA) is 44.8 Å². The Hall–Kier alpha value is -1.01. The number of rotatable bonds is 2. The molecule has 0 radical (unpaired) electrons. The molecule has 0 aliphatic carbocycles. The summed E-state index contributed by atoms with van der Waals surface area (Å²) in [6.45, 7) is 2.48. The molecule has 20 heavy (non-hydrogen) atoms. The molecular weight excluding hydrogens is 315 g/mol. The molecule has 0 amide bonds. The lowest BCUT2D eigenvalue weighted by Crippen LogP contribution is -2.31. The van der Waals surface area contributed by atoms with E-state index in [0.29, 0.717) is 14.9 Å². The van der Waals surface area contributed by atoms with Gasteiger partial charge in [-0.3, -0.25) is 4.90 Å². The predicted molar refractivity (Wildman–Crippen MR) is 81.5 cm³/mol. The van der Waals surface area contributed by atoms with Crippen LogP contribution in [-0.2, 0) is 19.5 Å². The van der Waals surface area contributed by atoms with Crippen molar-refractivity contribution in [2.75, 3.05) is 6.54 Å². The van der Waals surface area contributed by atoms with Gasteiger partial charge in [0.15, 0.2) is 4.77 Å². The van der Waals surface area contributed by atoms with Crippen molar-refractivity contribution in [1.82, 2.24) is 19.9 Å². The first kappa shape index (κ1) is 13.9. The molecule has 2 aromatic rings. The van der Waals surface area contributed by atoms with Crippen molar-refractivity contribution >= 4 is 35.4 Å². The molecule has 7 heteroatoms. The molecular formula is C13H12Cl2N4S. The Morgan fingerprint density at radius 2 is 2.15 bits per heavy atom. The molecule has 2 aromatic heterocycles. The Labute approximate surface area is 131 Å². The van der Waals surface area contributed by atoms with E-state index in [0.717, 1.165) is 31.6 Å². The van der Waals surface area contributed by atoms with Crippen LogP contribution < -0.4 is 0 Å². The standard InChI is InChI=1S/C13H12Cl2N4S/c14-10-3-8(12(15)16-5-10)6-19-2-1-11-9(7-19)4-17-13(20)18-11/h3-5H,1-2,6-7H2,(H,17,18,20). The first-order chi connectivity index (χ1) is 9.61. The van der Waals surface area contributed by atoms with Crippen molar-refractivity contribution in [2.24, 2.45) is 0 Å². The molecule has 4 nitrogen and oxygen atoms in total. The number of pyridine rings is 1. The second-order valence-corrected chi connectivity index (χ2v) is 5.94. The SMILES string of the molecule is S=c1ncc2c([nH]1)CCN(Cc1cc(Cl)cnc1Cl)C2. The van der Waals surface area contributed by atoms with Crippen molar-refractivity contribution in [1.29, 1.82) is 0 Å².